The summed E-state index contributed by atoms with van der Waals surface area (Å²) in [4.78, 5) is 14.2. The van der Waals surface area contributed by atoms with Gasteiger partial charge >= 0.3 is 0 Å². The second-order valence-electron chi connectivity index (χ2n) is 5.79. The third kappa shape index (κ3) is 3.53. The molecule has 3 nitrogen and oxygen atoms in total. The Hall–Kier alpha value is -1.06. The molecule has 1 fully saturated rings. The van der Waals surface area contributed by atoms with Gasteiger partial charge in [0.15, 0.2) is 0 Å². The van der Waals surface area contributed by atoms with E-state index >= 15 is 0 Å². The molecule has 0 aromatic heterocycles. The molecule has 110 valence electrons. The zero-order chi connectivity index (χ0) is 14.7. The lowest BCUT2D eigenvalue weighted by atomic mass is 9.98. The summed E-state index contributed by atoms with van der Waals surface area (Å²) in [5, 5.41) is 0.702. The maximum Gasteiger partial charge on any atom is 0.223 e. The molecule has 3 atom stereocenters. The molecular weight excluding hydrogens is 272 g/mol. The molecule has 2 N–H and O–H groups in total. The predicted octanol–water partition coefficient (Wildman–Crippen LogP) is 3.38. The van der Waals surface area contributed by atoms with Gasteiger partial charge in [0.1, 0.15) is 0 Å². The van der Waals surface area contributed by atoms with Crippen LogP contribution in [0, 0.1) is 5.92 Å². The highest BCUT2D eigenvalue weighted by atomic mass is 35.5. The van der Waals surface area contributed by atoms with E-state index in [9.17, 15) is 4.79 Å². The van der Waals surface area contributed by atoms with Gasteiger partial charge < -0.3 is 10.6 Å². The van der Waals surface area contributed by atoms with Crippen LogP contribution in [0.15, 0.2) is 24.3 Å². The van der Waals surface area contributed by atoms with E-state index in [-0.39, 0.29) is 18.0 Å². The largest absolute Gasteiger partial charge is 0.339 e. The maximum atomic E-state index is 12.4. The minimum Gasteiger partial charge on any atom is -0.339 e. The van der Waals surface area contributed by atoms with Crippen LogP contribution in [0.2, 0.25) is 5.02 Å². The smallest absolute Gasteiger partial charge is 0.223 e. The van der Waals surface area contributed by atoms with Crippen LogP contribution in [-0.2, 0) is 4.79 Å². The molecule has 0 aliphatic heterocycles. The number of rotatable bonds is 4. The third-order valence-electron chi connectivity index (χ3n) is 4.46. The average molecular weight is 295 g/mol. The van der Waals surface area contributed by atoms with Gasteiger partial charge in [-0.05, 0) is 43.4 Å². The van der Waals surface area contributed by atoms with Crippen molar-refractivity contribution in [3.05, 3.63) is 34.9 Å². The highest BCUT2D eigenvalue weighted by Crippen LogP contribution is 2.29. The Bertz CT molecular complexity index is 477. The predicted molar refractivity (Wildman–Crippen MR) is 82.6 cm³/mol. The standard InChI is InChI=1S/C16H23ClN2O/c1-11(12-5-3-7-14(17)9-12)19(2)16(20)10-13-6-4-8-15(13)18/h3,5,7,9,11,13,15H,4,6,8,10,18H2,1-2H3/t11?,13-,15+/m0/s1. The Balaban J connectivity index is 1.99. The number of hydrogen-bond acceptors (Lipinski definition) is 2. The molecule has 4 heteroatoms. The van der Waals surface area contributed by atoms with E-state index in [1.54, 1.807) is 4.90 Å². The van der Waals surface area contributed by atoms with Crippen molar-refractivity contribution in [1.29, 1.82) is 0 Å². The van der Waals surface area contributed by atoms with E-state index in [2.05, 4.69) is 0 Å². The Morgan fingerprint density at radius 1 is 1.50 bits per heavy atom. The van der Waals surface area contributed by atoms with E-state index in [1.807, 2.05) is 38.2 Å². The van der Waals surface area contributed by atoms with E-state index < -0.39 is 0 Å². The molecule has 1 aromatic carbocycles. The molecule has 0 heterocycles. The van der Waals surface area contributed by atoms with Gasteiger partial charge in [-0.25, -0.2) is 0 Å². The van der Waals surface area contributed by atoms with Gasteiger partial charge in [-0.1, -0.05) is 30.2 Å². The molecule has 1 aliphatic carbocycles. The topological polar surface area (TPSA) is 46.3 Å². The summed E-state index contributed by atoms with van der Waals surface area (Å²) in [6.45, 7) is 2.03. The van der Waals surface area contributed by atoms with Crippen LogP contribution in [0.5, 0.6) is 0 Å². The van der Waals surface area contributed by atoms with Crippen molar-refractivity contribution in [2.24, 2.45) is 11.7 Å². The van der Waals surface area contributed by atoms with Crippen LogP contribution >= 0.6 is 11.6 Å². The highest BCUT2D eigenvalue weighted by molar-refractivity contribution is 6.30. The lowest BCUT2D eigenvalue weighted by Gasteiger charge is -2.27. The van der Waals surface area contributed by atoms with Crippen molar-refractivity contribution in [1.82, 2.24) is 4.90 Å². The van der Waals surface area contributed by atoms with E-state index in [1.165, 1.54) is 0 Å². The molecule has 0 spiro atoms. The van der Waals surface area contributed by atoms with Crippen LogP contribution < -0.4 is 5.73 Å². The first kappa shape index (κ1) is 15.3. The molecule has 0 bridgehead atoms. The first-order chi connectivity index (χ1) is 9.49. The SMILES string of the molecule is CC(c1cccc(Cl)c1)N(C)C(=O)C[C@@H]1CCC[C@H]1N. The molecule has 1 aliphatic rings. The molecule has 2 rings (SSSR count). The minimum atomic E-state index is 0.0267. The molecule has 1 aromatic rings. The van der Waals surface area contributed by atoms with Crippen molar-refractivity contribution in [3.8, 4) is 0 Å². The monoisotopic (exact) mass is 294 g/mol. The Kier molecular flexibility index (Phi) is 5.06. The second kappa shape index (κ2) is 6.59. The summed E-state index contributed by atoms with van der Waals surface area (Å²) < 4.78 is 0. The van der Waals surface area contributed by atoms with Crippen LogP contribution in [0.4, 0.5) is 0 Å². The first-order valence-corrected chi connectivity index (χ1v) is 7.63. The zero-order valence-corrected chi connectivity index (χ0v) is 12.9. The molecule has 20 heavy (non-hydrogen) atoms. The Morgan fingerprint density at radius 3 is 2.85 bits per heavy atom. The van der Waals surface area contributed by atoms with E-state index in [4.69, 9.17) is 17.3 Å². The number of benzene rings is 1. The van der Waals surface area contributed by atoms with Crippen molar-refractivity contribution in [3.63, 3.8) is 0 Å². The van der Waals surface area contributed by atoms with Crippen LogP contribution in [0.1, 0.15) is 44.2 Å². The number of nitrogens with two attached hydrogens (primary N) is 1. The first-order valence-electron chi connectivity index (χ1n) is 7.25. The quantitative estimate of drug-likeness (QED) is 0.925. The van der Waals surface area contributed by atoms with Crippen molar-refractivity contribution < 1.29 is 4.79 Å². The number of hydrogen-bond donors (Lipinski definition) is 1. The summed E-state index contributed by atoms with van der Waals surface area (Å²) in [7, 11) is 1.86. The fraction of sp³-hybridized carbons (Fsp3) is 0.562. The minimum absolute atomic E-state index is 0.0267. The van der Waals surface area contributed by atoms with Gasteiger partial charge in [0.05, 0.1) is 6.04 Å². The van der Waals surface area contributed by atoms with Crippen LogP contribution in [0.25, 0.3) is 0 Å². The van der Waals surface area contributed by atoms with Gasteiger partial charge in [0.25, 0.3) is 0 Å². The number of amides is 1. The van der Waals surface area contributed by atoms with Crippen molar-refractivity contribution in [2.45, 2.75) is 44.7 Å². The van der Waals surface area contributed by atoms with Gasteiger partial charge in [-0.15, -0.1) is 0 Å². The molecule has 0 radical (unpaired) electrons. The Labute approximate surface area is 126 Å². The van der Waals surface area contributed by atoms with Crippen LogP contribution in [-0.4, -0.2) is 23.9 Å². The molecular formula is C16H23ClN2O. The van der Waals surface area contributed by atoms with E-state index in [0.717, 1.165) is 24.8 Å². The third-order valence-corrected chi connectivity index (χ3v) is 4.70. The fourth-order valence-electron chi connectivity index (χ4n) is 2.89. The lowest BCUT2D eigenvalue weighted by molar-refractivity contribution is -0.132. The molecule has 1 saturated carbocycles. The number of carbonyl (C=O) groups is 1. The number of carbonyl (C=O) groups excluding carboxylic acids is 1. The zero-order valence-electron chi connectivity index (χ0n) is 12.2. The van der Waals surface area contributed by atoms with Gasteiger partial charge in [0, 0.05) is 24.5 Å². The van der Waals surface area contributed by atoms with Crippen molar-refractivity contribution >= 4 is 17.5 Å². The summed E-state index contributed by atoms with van der Waals surface area (Å²) in [5.74, 6) is 0.510. The average Bonchev–Trinajstić information content (AvgIpc) is 2.82. The molecule has 1 unspecified atom stereocenters. The van der Waals surface area contributed by atoms with Gasteiger partial charge in [-0.3, -0.25) is 4.79 Å². The molecule has 0 saturated heterocycles. The fourth-order valence-corrected chi connectivity index (χ4v) is 3.09. The summed E-state index contributed by atoms with van der Waals surface area (Å²) in [5.41, 5.74) is 7.11. The Morgan fingerprint density at radius 2 is 2.25 bits per heavy atom. The lowest BCUT2D eigenvalue weighted by Crippen LogP contribution is -2.34. The summed E-state index contributed by atoms with van der Waals surface area (Å²) in [6.07, 6.45) is 3.83. The number of nitrogens with zero attached hydrogens (tertiary/aromatic N) is 1. The molecule has 1 amide bonds. The number of halogens is 1. The highest BCUT2D eigenvalue weighted by Gasteiger charge is 2.28. The second-order valence-corrected chi connectivity index (χ2v) is 6.23. The van der Waals surface area contributed by atoms with Crippen molar-refractivity contribution in [2.75, 3.05) is 7.05 Å². The normalized spacial score (nSPS) is 23.6. The summed E-state index contributed by atoms with van der Waals surface area (Å²) >= 11 is 6.01. The van der Waals surface area contributed by atoms with Gasteiger partial charge in [0.2, 0.25) is 5.91 Å². The maximum absolute atomic E-state index is 12.4. The van der Waals surface area contributed by atoms with E-state index in [0.29, 0.717) is 17.4 Å². The van der Waals surface area contributed by atoms with Gasteiger partial charge in [-0.2, -0.15) is 0 Å². The summed E-state index contributed by atoms with van der Waals surface area (Å²) in [6, 6.07) is 7.89. The van der Waals surface area contributed by atoms with Crippen LogP contribution in [0.3, 0.4) is 0 Å².